The van der Waals surface area contributed by atoms with Gasteiger partial charge in [-0.3, -0.25) is 14.8 Å². The molecule has 1 amide bonds. The number of rotatable bonds is 4. The van der Waals surface area contributed by atoms with Gasteiger partial charge < -0.3 is 16.0 Å². The Hall–Kier alpha value is -2.56. The van der Waals surface area contributed by atoms with Crippen LogP contribution in [0.15, 0.2) is 24.5 Å². The van der Waals surface area contributed by atoms with Gasteiger partial charge in [-0.25, -0.2) is 0 Å². The molecule has 0 unspecified atom stereocenters. The highest BCUT2D eigenvalue weighted by Crippen LogP contribution is 2.35. The van der Waals surface area contributed by atoms with Gasteiger partial charge in [0.25, 0.3) is 0 Å². The molecule has 0 spiro atoms. The van der Waals surface area contributed by atoms with Crippen molar-refractivity contribution in [3.05, 3.63) is 35.7 Å². The number of amides is 1. The first-order chi connectivity index (χ1) is 13.2. The Kier molecular flexibility index (Phi) is 5.64. The second-order valence-electron chi connectivity index (χ2n) is 8.70. The molecule has 28 heavy (non-hydrogen) atoms. The summed E-state index contributed by atoms with van der Waals surface area (Å²) in [6, 6.07) is 5.86. The third kappa shape index (κ3) is 4.29. The third-order valence-corrected chi connectivity index (χ3v) is 5.04. The van der Waals surface area contributed by atoms with Crippen LogP contribution < -0.4 is 16.0 Å². The first-order valence-corrected chi connectivity index (χ1v) is 9.65. The molecule has 0 saturated carbocycles. The van der Waals surface area contributed by atoms with Crippen LogP contribution in [0.4, 0.5) is 0 Å². The zero-order chi connectivity index (χ0) is 20.4. The Morgan fingerprint density at radius 2 is 2.04 bits per heavy atom. The van der Waals surface area contributed by atoms with Crippen molar-refractivity contribution in [3.8, 4) is 6.07 Å². The van der Waals surface area contributed by atoms with Gasteiger partial charge in [0.2, 0.25) is 5.91 Å². The molecule has 7 nitrogen and oxygen atoms in total. The first-order valence-electron chi connectivity index (χ1n) is 9.65. The maximum Gasteiger partial charge on any atom is 0.234 e. The molecule has 7 heteroatoms. The summed E-state index contributed by atoms with van der Waals surface area (Å²) in [6.45, 7) is 10.0. The number of fused-ring (bicyclic) bond motifs is 1. The van der Waals surface area contributed by atoms with Gasteiger partial charge >= 0.3 is 0 Å². The van der Waals surface area contributed by atoms with Gasteiger partial charge in [-0.2, -0.15) is 5.26 Å². The molecule has 1 aromatic carbocycles. The second-order valence-corrected chi connectivity index (χ2v) is 8.70. The van der Waals surface area contributed by atoms with Crippen LogP contribution >= 0.6 is 0 Å². The average molecular weight is 380 g/mol. The van der Waals surface area contributed by atoms with E-state index < -0.39 is 5.54 Å². The van der Waals surface area contributed by atoms with E-state index in [1.165, 1.54) is 0 Å². The number of carbonyl (C=O) groups is 1. The summed E-state index contributed by atoms with van der Waals surface area (Å²) in [5.74, 6) is 0.319. The van der Waals surface area contributed by atoms with E-state index in [0.717, 1.165) is 18.5 Å². The molecule has 3 rings (SSSR count). The Labute approximate surface area is 165 Å². The summed E-state index contributed by atoms with van der Waals surface area (Å²) in [4.78, 5) is 21.7. The second kappa shape index (κ2) is 7.82. The number of carbonyl (C=O) groups excluding carboxylic acids is 1. The Bertz CT molecular complexity index is 913. The first kappa shape index (κ1) is 20.2. The molecular weight excluding hydrogens is 352 g/mol. The van der Waals surface area contributed by atoms with Crippen molar-refractivity contribution in [1.29, 1.82) is 5.26 Å². The Morgan fingerprint density at radius 3 is 2.68 bits per heavy atom. The predicted octanol–water partition coefficient (Wildman–Crippen LogP) is 1.83. The van der Waals surface area contributed by atoms with Crippen LogP contribution in [0, 0.1) is 17.2 Å². The predicted molar refractivity (Wildman–Crippen MR) is 108 cm³/mol. The number of hydrogen-bond donors (Lipinski definition) is 3. The molecule has 1 aliphatic heterocycles. The number of nitrogens with one attached hydrogen (secondary N) is 3. The number of benzene rings is 1. The number of hydrogen-bond acceptors (Lipinski definition) is 6. The van der Waals surface area contributed by atoms with Gasteiger partial charge in [-0.1, -0.05) is 13.0 Å². The minimum absolute atomic E-state index is 0.0628. The lowest BCUT2D eigenvalue weighted by atomic mass is 9.78. The van der Waals surface area contributed by atoms with E-state index in [4.69, 9.17) is 0 Å². The van der Waals surface area contributed by atoms with Gasteiger partial charge in [-0.15, -0.1) is 0 Å². The lowest BCUT2D eigenvalue weighted by Crippen LogP contribution is -2.59. The number of nitriles is 1. The third-order valence-electron chi connectivity index (χ3n) is 5.04. The van der Waals surface area contributed by atoms with Crippen LogP contribution in [0.25, 0.3) is 11.0 Å². The fourth-order valence-corrected chi connectivity index (χ4v) is 3.83. The molecule has 1 aliphatic rings. The summed E-state index contributed by atoms with van der Waals surface area (Å²) in [6.07, 6.45) is 4.01. The summed E-state index contributed by atoms with van der Waals surface area (Å²) >= 11 is 0. The fraction of sp³-hybridized carbons (Fsp3) is 0.524. The van der Waals surface area contributed by atoms with E-state index in [2.05, 4.69) is 38.9 Å². The largest absolute Gasteiger partial charge is 0.344 e. The van der Waals surface area contributed by atoms with Gasteiger partial charge in [0.05, 0.1) is 23.2 Å². The minimum Gasteiger partial charge on any atom is -0.344 e. The highest BCUT2D eigenvalue weighted by atomic mass is 16.2. The van der Waals surface area contributed by atoms with Crippen LogP contribution in [-0.2, 0) is 10.3 Å². The average Bonchev–Trinajstić information content (AvgIpc) is 2.65. The van der Waals surface area contributed by atoms with E-state index >= 15 is 0 Å². The van der Waals surface area contributed by atoms with Crippen LogP contribution in [-0.4, -0.2) is 41.0 Å². The Balaban J connectivity index is 2.03. The van der Waals surface area contributed by atoms with Crippen molar-refractivity contribution in [2.45, 2.75) is 45.2 Å². The van der Waals surface area contributed by atoms with Gasteiger partial charge in [0, 0.05) is 30.0 Å². The van der Waals surface area contributed by atoms with Crippen molar-refractivity contribution in [2.75, 3.05) is 19.6 Å². The molecule has 0 aliphatic carbocycles. The SMILES string of the molecule is C[C@@H]1CNC[C@](NC(=O)CNC(C)(C)C)(c2ccc(C#N)c3nccnc23)C1. The van der Waals surface area contributed by atoms with Crippen molar-refractivity contribution >= 4 is 16.9 Å². The molecule has 2 heterocycles. The summed E-state index contributed by atoms with van der Waals surface area (Å²) in [5, 5.41) is 19.4. The lowest BCUT2D eigenvalue weighted by Gasteiger charge is -2.42. The highest BCUT2D eigenvalue weighted by Gasteiger charge is 2.40. The van der Waals surface area contributed by atoms with Crippen molar-refractivity contribution < 1.29 is 4.79 Å². The van der Waals surface area contributed by atoms with Crippen LogP contribution in [0.5, 0.6) is 0 Å². The van der Waals surface area contributed by atoms with E-state index in [1.807, 2.05) is 26.8 Å². The van der Waals surface area contributed by atoms with Gasteiger partial charge in [-0.05, 0) is 45.7 Å². The van der Waals surface area contributed by atoms with Crippen molar-refractivity contribution in [3.63, 3.8) is 0 Å². The number of aromatic nitrogens is 2. The lowest BCUT2D eigenvalue weighted by molar-refractivity contribution is -0.123. The van der Waals surface area contributed by atoms with Gasteiger partial charge in [0.1, 0.15) is 11.6 Å². The van der Waals surface area contributed by atoms with Crippen LogP contribution in [0.1, 0.15) is 45.2 Å². The zero-order valence-corrected chi connectivity index (χ0v) is 17.0. The quantitative estimate of drug-likeness (QED) is 0.748. The maximum atomic E-state index is 12.8. The molecule has 1 fully saturated rings. The molecule has 3 N–H and O–H groups in total. The summed E-state index contributed by atoms with van der Waals surface area (Å²) in [7, 11) is 0. The van der Waals surface area contributed by atoms with E-state index in [9.17, 15) is 10.1 Å². The summed E-state index contributed by atoms with van der Waals surface area (Å²) < 4.78 is 0. The maximum absolute atomic E-state index is 12.8. The Morgan fingerprint density at radius 1 is 1.32 bits per heavy atom. The number of piperidine rings is 1. The van der Waals surface area contributed by atoms with Crippen LogP contribution in [0.2, 0.25) is 0 Å². The zero-order valence-electron chi connectivity index (χ0n) is 17.0. The van der Waals surface area contributed by atoms with E-state index in [-0.39, 0.29) is 18.0 Å². The highest BCUT2D eigenvalue weighted by molar-refractivity contribution is 5.86. The molecular formula is C21H28N6O. The van der Waals surface area contributed by atoms with Crippen molar-refractivity contribution in [1.82, 2.24) is 25.9 Å². The number of nitrogens with zero attached hydrogens (tertiary/aromatic N) is 3. The van der Waals surface area contributed by atoms with Gasteiger partial charge in [0.15, 0.2) is 0 Å². The molecule has 2 aromatic rings. The minimum atomic E-state index is -0.601. The summed E-state index contributed by atoms with van der Waals surface area (Å²) in [5.41, 5.74) is 1.88. The molecule has 0 radical (unpaired) electrons. The normalized spacial score (nSPS) is 22.6. The molecule has 1 aromatic heterocycles. The van der Waals surface area contributed by atoms with E-state index in [0.29, 0.717) is 29.1 Å². The smallest absolute Gasteiger partial charge is 0.234 e. The molecule has 0 bridgehead atoms. The molecule has 1 saturated heterocycles. The topological polar surface area (TPSA) is 103 Å². The molecule has 2 atom stereocenters. The van der Waals surface area contributed by atoms with Crippen molar-refractivity contribution in [2.24, 2.45) is 5.92 Å². The molecule has 148 valence electrons. The van der Waals surface area contributed by atoms with E-state index in [1.54, 1.807) is 18.5 Å². The standard InChI is InChI=1S/C21H28N6O/c1-14-9-21(13-23-11-14,27-17(28)12-26-20(2,3)4)16-6-5-15(10-22)18-19(16)25-8-7-24-18/h5-8,14,23,26H,9,11-13H2,1-4H3,(H,27,28)/t14-,21-/m0/s1. The fourth-order valence-electron chi connectivity index (χ4n) is 3.83. The monoisotopic (exact) mass is 380 g/mol. The van der Waals surface area contributed by atoms with Crippen LogP contribution in [0.3, 0.4) is 0 Å².